The summed E-state index contributed by atoms with van der Waals surface area (Å²) >= 11 is 6.08. The summed E-state index contributed by atoms with van der Waals surface area (Å²) in [5.74, 6) is 0.792. The Morgan fingerprint density at radius 3 is 2.69 bits per heavy atom. The van der Waals surface area contributed by atoms with E-state index in [0.29, 0.717) is 22.2 Å². The monoisotopic (exact) mass is 396 g/mol. The molecule has 0 unspecified atom stereocenters. The molecule has 2 aromatic rings. The van der Waals surface area contributed by atoms with Gasteiger partial charge in [-0.2, -0.15) is 0 Å². The van der Waals surface area contributed by atoms with E-state index in [-0.39, 0.29) is 37.8 Å². The predicted octanol–water partition coefficient (Wildman–Crippen LogP) is 2.96. The average Bonchev–Trinajstić information content (AvgIpc) is 2.76. The number of halogens is 2. The van der Waals surface area contributed by atoms with Crippen LogP contribution in [0.25, 0.3) is 0 Å². The molecule has 1 aliphatic rings. The molecule has 0 spiro atoms. The topological polar surface area (TPSA) is 96.7 Å². The lowest BCUT2D eigenvalue weighted by Gasteiger charge is -2.22. The minimum atomic E-state index is -0.505. The smallest absolute Gasteiger partial charge is 0.341 e. The summed E-state index contributed by atoms with van der Waals surface area (Å²) in [6.45, 7) is 0.465. The zero-order chi connectivity index (χ0) is 17.8. The molecule has 0 aliphatic carbocycles. The van der Waals surface area contributed by atoms with Crippen molar-refractivity contribution in [3.05, 3.63) is 53.1 Å². The lowest BCUT2D eigenvalue weighted by molar-refractivity contribution is -0.121. The molecule has 0 bridgehead atoms. The maximum atomic E-state index is 12.6. The molecule has 3 amide bonds. The summed E-state index contributed by atoms with van der Waals surface area (Å²) in [5, 5.41) is 0.471. The Balaban J connectivity index is 0.00000243. The van der Waals surface area contributed by atoms with E-state index in [9.17, 15) is 9.59 Å². The molecule has 0 radical (unpaired) electrons. The average molecular weight is 397 g/mol. The second kappa shape index (κ2) is 8.75. The number of carbonyl (C=O) groups excluding carboxylic acids is 2. The third kappa shape index (κ3) is 4.37. The first-order chi connectivity index (χ1) is 12.1. The van der Waals surface area contributed by atoms with Crippen LogP contribution in [0.2, 0.25) is 5.02 Å². The second-order valence-electron chi connectivity index (χ2n) is 5.42. The molecule has 7 nitrogen and oxygen atoms in total. The van der Waals surface area contributed by atoms with Gasteiger partial charge in [0, 0.05) is 23.6 Å². The van der Waals surface area contributed by atoms with Crippen molar-refractivity contribution in [1.82, 2.24) is 10.9 Å². The van der Waals surface area contributed by atoms with E-state index < -0.39 is 6.03 Å². The summed E-state index contributed by atoms with van der Waals surface area (Å²) in [5.41, 5.74) is 11.4. The van der Waals surface area contributed by atoms with Gasteiger partial charge in [-0.05, 0) is 24.3 Å². The van der Waals surface area contributed by atoms with Crippen molar-refractivity contribution in [2.24, 2.45) is 5.73 Å². The van der Waals surface area contributed by atoms with E-state index in [1.165, 1.54) is 4.90 Å². The number of hydrogen-bond donors (Lipinski definition) is 3. The number of nitrogens with one attached hydrogen (secondary N) is 2. The van der Waals surface area contributed by atoms with E-state index in [0.717, 1.165) is 5.56 Å². The van der Waals surface area contributed by atoms with E-state index in [1.54, 1.807) is 18.2 Å². The molecule has 4 N–H and O–H groups in total. The molecular formula is C17H18Cl2N4O3. The minimum absolute atomic E-state index is 0. The highest BCUT2D eigenvalue weighted by molar-refractivity contribution is 6.31. The number of benzene rings is 2. The van der Waals surface area contributed by atoms with Gasteiger partial charge in [-0.25, -0.2) is 10.2 Å². The maximum Gasteiger partial charge on any atom is 0.341 e. The van der Waals surface area contributed by atoms with Gasteiger partial charge in [-0.1, -0.05) is 29.8 Å². The number of nitrogens with two attached hydrogens (primary N) is 1. The van der Waals surface area contributed by atoms with E-state index >= 15 is 0 Å². The number of fused-ring (bicyclic) bond motifs is 2. The van der Waals surface area contributed by atoms with Crippen LogP contribution in [0.4, 0.5) is 10.5 Å². The zero-order valence-corrected chi connectivity index (χ0v) is 15.3. The Morgan fingerprint density at radius 2 is 1.92 bits per heavy atom. The van der Waals surface area contributed by atoms with Crippen molar-refractivity contribution in [2.45, 2.75) is 13.0 Å². The van der Waals surface area contributed by atoms with Crippen molar-refractivity contribution in [1.29, 1.82) is 0 Å². The molecule has 2 aromatic carbocycles. The van der Waals surface area contributed by atoms with Crippen LogP contribution in [-0.2, 0) is 11.3 Å². The summed E-state index contributed by atoms with van der Waals surface area (Å²) in [7, 11) is 0. The number of hydrogen-bond acceptors (Lipinski definition) is 4. The van der Waals surface area contributed by atoms with Gasteiger partial charge in [0.05, 0.1) is 12.2 Å². The fourth-order valence-electron chi connectivity index (χ4n) is 2.46. The molecule has 1 heterocycles. The number of hydrazine groups is 1. The van der Waals surface area contributed by atoms with E-state index in [1.807, 2.05) is 24.3 Å². The van der Waals surface area contributed by atoms with Gasteiger partial charge in [0.1, 0.15) is 5.75 Å². The van der Waals surface area contributed by atoms with Gasteiger partial charge in [0.25, 0.3) is 0 Å². The van der Waals surface area contributed by atoms with Gasteiger partial charge >= 0.3 is 6.03 Å². The van der Waals surface area contributed by atoms with Gasteiger partial charge in [0.2, 0.25) is 5.91 Å². The minimum Gasteiger partial charge on any atom is -0.455 e. The van der Waals surface area contributed by atoms with Crippen LogP contribution in [0.3, 0.4) is 0 Å². The lowest BCUT2D eigenvalue weighted by Crippen LogP contribution is -2.49. The number of amides is 3. The Labute approximate surface area is 161 Å². The summed E-state index contributed by atoms with van der Waals surface area (Å²) in [6.07, 6.45) is 0.120. The van der Waals surface area contributed by atoms with Gasteiger partial charge in [-0.15, -0.1) is 12.4 Å². The molecule has 0 saturated carbocycles. The highest BCUT2D eigenvalue weighted by Crippen LogP contribution is 2.40. The second-order valence-corrected chi connectivity index (χ2v) is 5.86. The van der Waals surface area contributed by atoms with Gasteiger partial charge in [0.15, 0.2) is 5.75 Å². The van der Waals surface area contributed by atoms with Crippen molar-refractivity contribution in [3.8, 4) is 11.5 Å². The van der Waals surface area contributed by atoms with Crippen LogP contribution in [0.1, 0.15) is 12.0 Å². The number of para-hydroxylation sites is 1. The lowest BCUT2D eigenvalue weighted by atomic mass is 10.2. The number of nitrogens with zero attached hydrogens (tertiary/aromatic N) is 1. The predicted molar refractivity (Wildman–Crippen MR) is 102 cm³/mol. The quantitative estimate of drug-likeness (QED) is 0.679. The molecular weight excluding hydrogens is 379 g/mol. The van der Waals surface area contributed by atoms with Crippen molar-refractivity contribution < 1.29 is 14.3 Å². The van der Waals surface area contributed by atoms with E-state index in [4.69, 9.17) is 22.1 Å². The van der Waals surface area contributed by atoms with Crippen LogP contribution in [-0.4, -0.2) is 18.5 Å². The summed E-state index contributed by atoms with van der Waals surface area (Å²) < 4.78 is 5.92. The van der Waals surface area contributed by atoms with Crippen LogP contribution in [0, 0.1) is 0 Å². The summed E-state index contributed by atoms with van der Waals surface area (Å²) in [6, 6.07) is 12.0. The molecule has 3 rings (SSSR count). The number of anilines is 1. The number of ether oxygens (including phenoxy) is 1. The molecule has 1 aliphatic heterocycles. The van der Waals surface area contributed by atoms with Crippen molar-refractivity contribution in [2.75, 3.05) is 11.4 Å². The highest BCUT2D eigenvalue weighted by Gasteiger charge is 2.25. The molecule has 0 saturated heterocycles. The van der Waals surface area contributed by atoms with Crippen LogP contribution < -0.4 is 26.2 Å². The SMILES string of the molecule is Cl.NCCC(=O)NNC(=O)N1Cc2ccccc2Oc2ccc(Cl)cc21. The van der Waals surface area contributed by atoms with Crippen LogP contribution >= 0.6 is 24.0 Å². The Hall–Kier alpha value is -2.48. The molecule has 26 heavy (non-hydrogen) atoms. The fourth-order valence-corrected chi connectivity index (χ4v) is 2.63. The third-order valence-electron chi connectivity index (χ3n) is 3.66. The van der Waals surface area contributed by atoms with Gasteiger partial charge in [-0.3, -0.25) is 15.1 Å². The standard InChI is InChI=1S/C17H17ClN4O3.ClH/c18-12-5-6-15-13(9-12)22(17(24)21-20-16(23)7-8-19)10-11-3-1-2-4-14(11)25-15;/h1-6,9H,7-8,10,19H2,(H,20,23)(H,21,24);1H. The van der Waals surface area contributed by atoms with Gasteiger partial charge < -0.3 is 10.5 Å². The van der Waals surface area contributed by atoms with E-state index in [2.05, 4.69) is 10.9 Å². The first-order valence-electron chi connectivity index (χ1n) is 7.70. The molecule has 9 heteroatoms. The van der Waals surface area contributed by atoms with Crippen molar-refractivity contribution >= 4 is 41.6 Å². The zero-order valence-electron chi connectivity index (χ0n) is 13.7. The Bertz CT molecular complexity index is 816. The Kier molecular flexibility index (Phi) is 6.68. The normalized spacial score (nSPS) is 11.8. The number of rotatable bonds is 2. The molecule has 138 valence electrons. The number of carbonyl (C=O) groups is 2. The molecule has 0 atom stereocenters. The Morgan fingerprint density at radius 1 is 1.15 bits per heavy atom. The van der Waals surface area contributed by atoms with Crippen LogP contribution in [0.5, 0.6) is 11.5 Å². The van der Waals surface area contributed by atoms with Crippen LogP contribution in [0.15, 0.2) is 42.5 Å². The maximum absolute atomic E-state index is 12.6. The molecule has 0 aromatic heterocycles. The first kappa shape index (κ1) is 19.8. The number of urea groups is 1. The third-order valence-corrected chi connectivity index (χ3v) is 3.89. The fraction of sp³-hybridized carbons (Fsp3) is 0.176. The largest absolute Gasteiger partial charge is 0.455 e. The molecule has 0 fully saturated rings. The summed E-state index contributed by atoms with van der Waals surface area (Å²) in [4.78, 5) is 25.6. The van der Waals surface area contributed by atoms with Crippen molar-refractivity contribution in [3.63, 3.8) is 0 Å². The highest BCUT2D eigenvalue weighted by atomic mass is 35.5. The first-order valence-corrected chi connectivity index (χ1v) is 8.08.